The van der Waals surface area contributed by atoms with Gasteiger partial charge in [0.05, 0.1) is 18.7 Å². The van der Waals surface area contributed by atoms with Crippen molar-refractivity contribution in [2.24, 2.45) is 0 Å². The third-order valence-electron chi connectivity index (χ3n) is 2.81. The van der Waals surface area contributed by atoms with Crippen LogP contribution in [0.3, 0.4) is 0 Å². The quantitative estimate of drug-likeness (QED) is 0.767. The minimum Gasteiger partial charge on any atom is -0.464 e. The van der Waals surface area contributed by atoms with Crippen molar-refractivity contribution in [1.82, 2.24) is 0 Å². The van der Waals surface area contributed by atoms with E-state index in [4.69, 9.17) is 10.00 Å². The van der Waals surface area contributed by atoms with Gasteiger partial charge in [-0.1, -0.05) is 12.1 Å². The molecular formula is C13H11FN2O3. The summed E-state index contributed by atoms with van der Waals surface area (Å²) in [4.78, 5) is 24.4. The molecule has 1 aliphatic rings. The Morgan fingerprint density at radius 3 is 3.00 bits per heavy atom. The number of esters is 1. The summed E-state index contributed by atoms with van der Waals surface area (Å²) in [5.41, 5.74) is 0.460. The van der Waals surface area contributed by atoms with E-state index in [1.54, 1.807) is 19.1 Å². The van der Waals surface area contributed by atoms with Gasteiger partial charge in [-0.3, -0.25) is 9.69 Å². The van der Waals surface area contributed by atoms with Gasteiger partial charge in [-0.2, -0.15) is 5.26 Å². The number of hydrogen-bond donors (Lipinski definition) is 0. The van der Waals surface area contributed by atoms with Gasteiger partial charge >= 0.3 is 5.97 Å². The molecule has 0 fully saturated rings. The Morgan fingerprint density at radius 2 is 2.37 bits per heavy atom. The van der Waals surface area contributed by atoms with E-state index in [0.29, 0.717) is 5.56 Å². The normalized spacial score (nSPS) is 14.8. The van der Waals surface area contributed by atoms with Crippen molar-refractivity contribution in [2.75, 3.05) is 11.5 Å². The van der Waals surface area contributed by atoms with Crippen LogP contribution in [0.15, 0.2) is 18.2 Å². The molecule has 6 heteroatoms. The zero-order chi connectivity index (χ0) is 14.0. The predicted molar refractivity (Wildman–Crippen MR) is 63.6 cm³/mol. The molecule has 0 saturated carbocycles. The average molecular weight is 262 g/mol. The zero-order valence-electron chi connectivity index (χ0n) is 10.2. The Kier molecular flexibility index (Phi) is 3.47. The van der Waals surface area contributed by atoms with Crippen LogP contribution in [0.2, 0.25) is 0 Å². The van der Waals surface area contributed by atoms with E-state index in [0.717, 1.165) is 4.90 Å². The number of anilines is 1. The molecule has 5 nitrogen and oxygen atoms in total. The highest BCUT2D eigenvalue weighted by Gasteiger charge is 2.39. The van der Waals surface area contributed by atoms with Gasteiger partial charge in [-0.05, 0) is 18.6 Å². The number of amides is 1. The number of para-hydroxylation sites is 1. The van der Waals surface area contributed by atoms with E-state index in [9.17, 15) is 14.0 Å². The fourth-order valence-corrected chi connectivity index (χ4v) is 2.06. The van der Waals surface area contributed by atoms with Gasteiger partial charge in [0.25, 0.3) is 0 Å². The summed E-state index contributed by atoms with van der Waals surface area (Å²) >= 11 is 0. The number of carbonyl (C=O) groups excluding carboxylic acids is 2. The number of halogens is 1. The average Bonchev–Trinajstić information content (AvgIpc) is 2.69. The number of hydrogen-bond acceptors (Lipinski definition) is 4. The van der Waals surface area contributed by atoms with Crippen molar-refractivity contribution in [3.8, 4) is 6.07 Å². The van der Waals surface area contributed by atoms with Gasteiger partial charge in [0.2, 0.25) is 11.9 Å². The summed E-state index contributed by atoms with van der Waals surface area (Å²) in [6, 6.07) is 4.50. The maximum Gasteiger partial charge on any atom is 0.344 e. The molecule has 98 valence electrons. The molecule has 1 amide bonds. The van der Waals surface area contributed by atoms with Crippen molar-refractivity contribution in [2.45, 2.75) is 19.4 Å². The van der Waals surface area contributed by atoms with Gasteiger partial charge < -0.3 is 4.74 Å². The first-order valence-electron chi connectivity index (χ1n) is 5.75. The van der Waals surface area contributed by atoms with Crippen LogP contribution in [0.5, 0.6) is 0 Å². The van der Waals surface area contributed by atoms with Crippen LogP contribution >= 0.6 is 0 Å². The van der Waals surface area contributed by atoms with Crippen LogP contribution in [0.25, 0.3) is 0 Å². The molecule has 0 bridgehead atoms. The molecule has 0 N–H and O–H groups in total. The predicted octanol–water partition coefficient (Wildman–Crippen LogP) is 1.17. The maximum atomic E-state index is 13.8. The number of rotatable bonds is 3. The lowest BCUT2D eigenvalue weighted by Gasteiger charge is -2.21. The highest BCUT2D eigenvalue weighted by atomic mass is 19.1. The van der Waals surface area contributed by atoms with E-state index < -0.39 is 23.7 Å². The Labute approximate surface area is 109 Å². The molecule has 0 aliphatic carbocycles. The summed E-state index contributed by atoms with van der Waals surface area (Å²) < 4.78 is 18.5. The zero-order valence-corrected chi connectivity index (χ0v) is 10.2. The van der Waals surface area contributed by atoms with Crippen molar-refractivity contribution >= 4 is 17.6 Å². The Morgan fingerprint density at radius 1 is 1.63 bits per heavy atom. The lowest BCUT2D eigenvalue weighted by molar-refractivity contribution is -0.144. The lowest BCUT2D eigenvalue weighted by atomic mass is 10.1. The van der Waals surface area contributed by atoms with Crippen molar-refractivity contribution in [1.29, 1.82) is 5.26 Å². The number of nitriles is 1. The van der Waals surface area contributed by atoms with Crippen LogP contribution in [-0.2, 0) is 20.7 Å². The maximum absolute atomic E-state index is 13.8. The SMILES string of the molecule is CCOC(=O)C(C#N)N1C(=O)Cc2cccc(F)c21. The van der Waals surface area contributed by atoms with Crippen LogP contribution in [0.4, 0.5) is 10.1 Å². The summed E-state index contributed by atoms with van der Waals surface area (Å²) in [7, 11) is 0. The smallest absolute Gasteiger partial charge is 0.344 e. The summed E-state index contributed by atoms with van der Waals surface area (Å²) in [6.07, 6.45) is -0.0231. The van der Waals surface area contributed by atoms with Gasteiger partial charge in [0.1, 0.15) is 11.9 Å². The van der Waals surface area contributed by atoms with E-state index >= 15 is 0 Å². The molecule has 1 aliphatic heterocycles. The molecule has 0 radical (unpaired) electrons. The Bertz CT molecular complexity index is 580. The molecule has 0 spiro atoms. The number of ether oxygens (including phenoxy) is 1. The minimum atomic E-state index is -1.45. The van der Waals surface area contributed by atoms with Gasteiger partial charge in [-0.25, -0.2) is 9.18 Å². The first-order chi connectivity index (χ1) is 9.10. The number of nitrogens with zero attached hydrogens (tertiary/aromatic N) is 2. The highest BCUT2D eigenvalue weighted by Crippen LogP contribution is 2.33. The third kappa shape index (κ3) is 2.15. The molecule has 1 unspecified atom stereocenters. The van der Waals surface area contributed by atoms with Crippen molar-refractivity contribution in [3.05, 3.63) is 29.6 Å². The second-order valence-corrected chi connectivity index (χ2v) is 3.97. The van der Waals surface area contributed by atoms with Crippen LogP contribution < -0.4 is 4.90 Å². The first-order valence-corrected chi connectivity index (χ1v) is 5.75. The van der Waals surface area contributed by atoms with E-state index in [-0.39, 0.29) is 18.7 Å². The van der Waals surface area contributed by atoms with Gasteiger partial charge in [0, 0.05) is 0 Å². The summed E-state index contributed by atoms with van der Waals surface area (Å²) in [5.74, 6) is -1.97. The fraction of sp³-hybridized carbons (Fsp3) is 0.308. The topological polar surface area (TPSA) is 70.4 Å². The second-order valence-electron chi connectivity index (χ2n) is 3.97. The Hall–Kier alpha value is -2.42. The third-order valence-corrected chi connectivity index (χ3v) is 2.81. The molecule has 2 rings (SSSR count). The summed E-state index contributed by atoms with van der Waals surface area (Å²) in [5, 5.41) is 9.05. The molecule has 0 saturated heterocycles. The van der Waals surface area contributed by atoms with Gasteiger partial charge in [-0.15, -0.1) is 0 Å². The molecule has 1 aromatic rings. The van der Waals surface area contributed by atoms with Crippen molar-refractivity contribution < 1.29 is 18.7 Å². The monoisotopic (exact) mass is 262 g/mol. The molecule has 1 aromatic carbocycles. The molecular weight excluding hydrogens is 251 g/mol. The fourth-order valence-electron chi connectivity index (χ4n) is 2.06. The lowest BCUT2D eigenvalue weighted by Crippen LogP contribution is -2.43. The van der Waals surface area contributed by atoms with Crippen LogP contribution in [-0.4, -0.2) is 24.5 Å². The molecule has 1 heterocycles. The van der Waals surface area contributed by atoms with E-state index in [2.05, 4.69) is 0 Å². The number of benzene rings is 1. The minimum absolute atomic E-state index is 0.00731. The second kappa shape index (κ2) is 5.06. The molecule has 1 atom stereocenters. The Balaban J connectivity index is 2.43. The number of carbonyl (C=O) groups is 2. The van der Waals surface area contributed by atoms with Crippen LogP contribution in [0.1, 0.15) is 12.5 Å². The van der Waals surface area contributed by atoms with E-state index in [1.807, 2.05) is 0 Å². The van der Waals surface area contributed by atoms with Crippen molar-refractivity contribution in [3.63, 3.8) is 0 Å². The summed E-state index contributed by atoms with van der Waals surface area (Å²) in [6.45, 7) is 1.68. The van der Waals surface area contributed by atoms with E-state index in [1.165, 1.54) is 12.1 Å². The standard InChI is InChI=1S/C13H11FN2O3/c1-2-19-13(18)10(7-15)16-11(17)6-8-4-3-5-9(14)12(8)16/h3-5,10H,2,6H2,1H3. The first kappa shape index (κ1) is 13.0. The van der Waals surface area contributed by atoms with Crippen LogP contribution in [0, 0.1) is 17.1 Å². The molecule has 0 aromatic heterocycles. The van der Waals surface area contributed by atoms with Gasteiger partial charge in [0.15, 0.2) is 0 Å². The largest absolute Gasteiger partial charge is 0.464 e. The highest BCUT2D eigenvalue weighted by molar-refractivity contribution is 6.06. The number of fused-ring (bicyclic) bond motifs is 1. The molecule has 19 heavy (non-hydrogen) atoms.